The van der Waals surface area contributed by atoms with Gasteiger partial charge >= 0.3 is 11.9 Å². The molecule has 0 fully saturated rings. The number of thiophene rings is 6. The van der Waals surface area contributed by atoms with Crippen LogP contribution < -0.4 is 0 Å². The first kappa shape index (κ1) is 32.9. The van der Waals surface area contributed by atoms with Gasteiger partial charge in [-0.25, -0.2) is 9.59 Å². The summed E-state index contributed by atoms with van der Waals surface area (Å²) in [4.78, 5) is 41.0. The number of benzene rings is 1. The lowest BCUT2D eigenvalue weighted by molar-refractivity contribution is 0.0586. The van der Waals surface area contributed by atoms with E-state index < -0.39 is 11.9 Å². The molecule has 6 heterocycles. The predicted molar refractivity (Wildman–Crippen MR) is 208 cm³/mol. The molecule has 0 N–H and O–H groups in total. The van der Waals surface area contributed by atoms with Gasteiger partial charge in [0.1, 0.15) is 0 Å². The number of rotatable bonds is 8. The van der Waals surface area contributed by atoms with Gasteiger partial charge in [-0.2, -0.15) is 0 Å². The lowest BCUT2D eigenvalue weighted by Gasteiger charge is -2.21. The van der Waals surface area contributed by atoms with E-state index in [0.29, 0.717) is 33.4 Å². The Morgan fingerprint density at radius 2 is 0.646 bits per heavy atom. The summed E-state index contributed by atoms with van der Waals surface area (Å²) < 4.78 is 10.8. The molecular formula is C38H30O4S6. The van der Waals surface area contributed by atoms with Gasteiger partial charge in [-0.15, -0.1) is 68.0 Å². The molecule has 0 aliphatic carbocycles. The first-order chi connectivity index (χ1) is 23.2. The van der Waals surface area contributed by atoms with Crippen LogP contribution in [-0.4, -0.2) is 26.2 Å². The quantitative estimate of drug-likeness (QED) is 0.146. The molecule has 242 valence electrons. The van der Waals surface area contributed by atoms with E-state index in [2.05, 4.69) is 74.5 Å². The van der Waals surface area contributed by atoms with Crippen molar-refractivity contribution in [2.75, 3.05) is 14.2 Å². The predicted octanol–water partition coefficient (Wildman–Crippen LogP) is 12.9. The van der Waals surface area contributed by atoms with Gasteiger partial charge in [0, 0.05) is 69.7 Å². The average Bonchev–Trinajstić information content (AvgIpc) is 3.91. The van der Waals surface area contributed by atoms with Gasteiger partial charge in [0.05, 0.1) is 25.3 Å². The zero-order valence-electron chi connectivity index (χ0n) is 27.0. The highest BCUT2D eigenvalue weighted by Gasteiger charge is 2.31. The van der Waals surface area contributed by atoms with Crippen LogP contribution >= 0.6 is 68.0 Å². The second-order valence-corrected chi connectivity index (χ2v) is 18.1. The molecule has 0 amide bonds. The van der Waals surface area contributed by atoms with Crippen LogP contribution in [0.25, 0.3) is 59.9 Å². The molecule has 7 rings (SSSR count). The van der Waals surface area contributed by atoms with Crippen molar-refractivity contribution in [3.05, 3.63) is 105 Å². The van der Waals surface area contributed by atoms with Crippen molar-refractivity contribution in [3.63, 3.8) is 0 Å². The number of esters is 2. The summed E-state index contributed by atoms with van der Waals surface area (Å²) >= 11 is 10.3. The van der Waals surface area contributed by atoms with Gasteiger partial charge < -0.3 is 9.47 Å². The van der Waals surface area contributed by atoms with Crippen LogP contribution in [0.5, 0.6) is 0 Å². The Labute approximate surface area is 303 Å². The number of methoxy groups -OCH3 is 2. The van der Waals surface area contributed by atoms with E-state index >= 15 is 0 Å². The summed E-state index contributed by atoms with van der Waals surface area (Å²) in [6.45, 7) is 8.05. The van der Waals surface area contributed by atoms with Crippen molar-refractivity contribution in [1.29, 1.82) is 0 Å². The molecule has 0 aliphatic rings. The molecule has 0 saturated heterocycles. The molecule has 7 aromatic rings. The Hall–Kier alpha value is -3.64. The molecule has 0 aliphatic heterocycles. The Morgan fingerprint density at radius 1 is 0.396 bits per heavy atom. The molecule has 0 radical (unpaired) electrons. The van der Waals surface area contributed by atoms with Crippen molar-refractivity contribution >= 4 is 80.0 Å². The monoisotopic (exact) mass is 742 g/mol. The van der Waals surface area contributed by atoms with Crippen LogP contribution in [-0.2, 0) is 9.47 Å². The fourth-order valence-corrected chi connectivity index (χ4v) is 12.2. The van der Waals surface area contributed by atoms with Crippen molar-refractivity contribution in [1.82, 2.24) is 0 Å². The standard InChI is InChI=1S/C38H30O4S6/c1-19-7-9-23(43-19)25-11-13-27(45-25)29-15-17-31(47-29)33-21(3)36(38(40)42-6)34(22(4)35(33)37(39)41-5)32-18-16-30(48-32)28-14-12-26(46-28)24-10-8-20(2)44-24/h7-18H,1-6H3. The van der Waals surface area contributed by atoms with E-state index in [1.807, 2.05) is 26.0 Å². The Balaban J connectivity index is 1.33. The fourth-order valence-electron chi connectivity index (χ4n) is 5.88. The molecule has 0 atom stereocenters. The lowest BCUT2D eigenvalue weighted by Crippen LogP contribution is -2.14. The number of hydrogen-bond donors (Lipinski definition) is 0. The van der Waals surface area contributed by atoms with Gasteiger partial charge in [0.15, 0.2) is 0 Å². The summed E-state index contributed by atoms with van der Waals surface area (Å²) in [6.07, 6.45) is 0. The number of carbonyl (C=O) groups is 2. The zero-order chi connectivity index (χ0) is 33.7. The molecule has 10 heteroatoms. The summed E-state index contributed by atoms with van der Waals surface area (Å²) in [5, 5.41) is 0. The highest BCUT2D eigenvalue weighted by molar-refractivity contribution is 7.28. The molecule has 0 spiro atoms. The number of carbonyl (C=O) groups excluding carboxylic acids is 2. The smallest absolute Gasteiger partial charge is 0.338 e. The van der Waals surface area contributed by atoms with Crippen molar-refractivity contribution in [2.24, 2.45) is 0 Å². The minimum Gasteiger partial charge on any atom is -0.465 e. The van der Waals surface area contributed by atoms with Crippen LogP contribution in [0, 0.1) is 27.7 Å². The van der Waals surface area contributed by atoms with E-state index in [-0.39, 0.29) is 0 Å². The Bertz CT molecular complexity index is 2150. The second-order valence-electron chi connectivity index (χ2n) is 11.2. The number of hydrogen-bond acceptors (Lipinski definition) is 10. The van der Waals surface area contributed by atoms with Gasteiger partial charge in [-0.1, -0.05) is 0 Å². The van der Waals surface area contributed by atoms with E-state index in [1.165, 1.54) is 43.5 Å². The molecule has 1 aromatic carbocycles. The first-order valence-electron chi connectivity index (χ1n) is 15.0. The highest BCUT2D eigenvalue weighted by Crippen LogP contribution is 2.48. The normalized spacial score (nSPS) is 11.3. The van der Waals surface area contributed by atoms with Crippen LogP contribution in [0.15, 0.2) is 72.8 Å². The summed E-state index contributed by atoms with van der Waals surface area (Å²) in [5.74, 6) is -0.869. The summed E-state index contributed by atoms with van der Waals surface area (Å²) in [5.41, 5.74) is 3.73. The molecule has 48 heavy (non-hydrogen) atoms. The molecular weight excluding hydrogens is 713 g/mol. The maximum absolute atomic E-state index is 13.6. The van der Waals surface area contributed by atoms with Crippen LogP contribution in [0.4, 0.5) is 0 Å². The van der Waals surface area contributed by atoms with Gasteiger partial charge in [-0.3, -0.25) is 0 Å². The summed E-state index contributed by atoms with van der Waals surface area (Å²) in [6, 6.07) is 25.5. The second kappa shape index (κ2) is 13.3. The third kappa shape index (κ3) is 5.95. The van der Waals surface area contributed by atoms with Gasteiger partial charge in [0.25, 0.3) is 0 Å². The van der Waals surface area contributed by atoms with Gasteiger partial charge in [0.2, 0.25) is 0 Å². The fraction of sp³-hybridized carbons (Fsp3) is 0.158. The Morgan fingerprint density at radius 3 is 0.917 bits per heavy atom. The third-order valence-corrected chi connectivity index (χ3v) is 15.3. The number of aryl methyl sites for hydroxylation is 2. The zero-order valence-corrected chi connectivity index (χ0v) is 31.9. The summed E-state index contributed by atoms with van der Waals surface area (Å²) in [7, 11) is 2.81. The van der Waals surface area contributed by atoms with Crippen LogP contribution in [0.1, 0.15) is 41.6 Å². The molecule has 0 unspecified atom stereocenters. The van der Waals surface area contributed by atoms with E-state index in [9.17, 15) is 9.59 Å². The van der Waals surface area contributed by atoms with E-state index in [1.54, 1.807) is 68.0 Å². The molecule has 6 aromatic heterocycles. The molecule has 4 nitrogen and oxygen atoms in total. The van der Waals surface area contributed by atoms with E-state index in [0.717, 1.165) is 29.3 Å². The maximum Gasteiger partial charge on any atom is 0.338 e. The SMILES string of the molecule is COC(=O)c1c(C)c(-c2ccc(-c3ccc(-c4ccc(C)s4)s3)s2)c(C(=O)OC)c(C)c1-c1ccc(-c2ccc(-c3ccc(C)s3)s2)s1. The topological polar surface area (TPSA) is 52.6 Å². The maximum atomic E-state index is 13.6. The van der Waals surface area contributed by atoms with Crippen LogP contribution in [0.2, 0.25) is 0 Å². The molecule has 0 saturated carbocycles. The number of ether oxygens (including phenoxy) is 2. The van der Waals surface area contributed by atoms with Crippen molar-refractivity contribution in [3.8, 4) is 59.9 Å². The first-order valence-corrected chi connectivity index (χ1v) is 19.9. The van der Waals surface area contributed by atoms with E-state index in [4.69, 9.17) is 9.47 Å². The third-order valence-electron chi connectivity index (χ3n) is 8.15. The van der Waals surface area contributed by atoms with Gasteiger partial charge in [-0.05, 0) is 112 Å². The van der Waals surface area contributed by atoms with Crippen molar-refractivity contribution < 1.29 is 19.1 Å². The minimum atomic E-state index is -0.435. The molecule has 0 bridgehead atoms. The Kier molecular flexibility index (Phi) is 9.14. The minimum absolute atomic E-state index is 0.435. The lowest BCUT2D eigenvalue weighted by atomic mass is 9.86. The largest absolute Gasteiger partial charge is 0.465 e. The average molecular weight is 743 g/mol. The van der Waals surface area contributed by atoms with Crippen LogP contribution in [0.3, 0.4) is 0 Å². The van der Waals surface area contributed by atoms with Crippen molar-refractivity contribution in [2.45, 2.75) is 27.7 Å². The highest BCUT2D eigenvalue weighted by atomic mass is 32.1.